The smallest absolute Gasteiger partial charge is 0.224 e. The van der Waals surface area contributed by atoms with Crippen LogP contribution in [0, 0.1) is 0 Å². The Morgan fingerprint density at radius 1 is 1.04 bits per heavy atom. The third-order valence-corrected chi connectivity index (χ3v) is 4.76. The minimum atomic E-state index is 0.554. The molecule has 0 aliphatic rings. The number of fused-ring (bicyclic) bond motifs is 1. The lowest BCUT2D eigenvalue weighted by Gasteiger charge is -2.10. The minimum Gasteiger partial charge on any atom is -0.361 e. The van der Waals surface area contributed by atoms with Gasteiger partial charge in [0.05, 0.1) is 10.7 Å². The van der Waals surface area contributed by atoms with Crippen molar-refractivity contribution in [2.45, 2.75) is 6.42 Å². The number of nitrogens with zero attached hydrogens (tertiary/aromatic N) is 2. The van der Waals surface area contributed by atoms with Crippen molar-refractivity contribution in [1.29, 1.82) is 0 Å². The number of anilines is 3. The third-order valence-electron chi connectivity index (χ3n) is 4.20. The highest BCUT2D eigenvalue weighted by Crippen LogP contribution is 2.28. The number of para-hydroxylation sites is 1. The van der Waals surface area contributed by atoms with Gasteiger partial charge < -0.3 is 15.6 Å². The van der Waals surface area contributed by atoms with Gasteiger partial charge in [0.2, 0.25) is 5.95 Å². The Bertz CT molecular complexity index is 1080. The van der Waals surface area contributed by atoms with Gasteiger partial charge in [0.1, 0.15) is 5.82 Å². The standard InChI is InChI=1S/C20H17Cl2N5/c21-14-5-6-16(22)18(11-14)26-19-8-10-24-20(27-19)23-9-7-13-12-25-17-4-2-1-3-15(13)17/h1-6,8,10-12,25H,7,9H2,(H2,23,24,26,27). The first-order chi connectivity index (χ1) is 13.2. The topological polar surface area (TPSA) is 65.6 Å². The number of hydrogen-bond donors (Lipinski definition) is 3. The number of H-pyrrole nitrogens is 1. The second-order valence-corrected chi connectivity index (χ2v) is 6.89. The molecule has 0 fully saturated rings. The van der Waals surface area contributed by atoms with Gasteiger partial charge in [-0.25, -0.2) is 4.98 Å². The Balaban J connectivity index is 1.41. The van der Waals surface area contributed by atoms with Crippen LogP contribution < -0.4 is 10.6 Å². The molecule has 2 aromatic heterocycles. The van der Waals surface area contributed by atoms with E-state index in [1.165, 1.54) is 10.9 Å². The van der Waals surface area contributed by atoms with Gasteiger partial charge in [-0.2, -0.15) is 4.98 Å². The molecule has 0 radical (unpaired) electrons. The predicted molar refractivity (Wildman–Crippen MR) is 112 cm³/mol. The maximum atomic E-state index is 6.19. The number of aromatic nitrogens is 3. The lowest BCUT2D eigenvalue weighted by atomic mass is 10.1. The Morgan fingerprint density at radius 3 is 2.85 bits per heavy atom. The van der Waals surface area contributed by atoms with E-state index in [0.29, 0.717) is 27.5 Å². The summed E-state index contributed by atoms with van der Waals surface area (Å²) in [5, 5.41) is 8.86. The van der Waals surface area contributed by atoms with Crippen molar-refractivity contribution in [1.82, 2.24) is 15.0 Å². The molecule has 3 N–H and O–H groups in total. The molecule has 0 aliphatic carbocycles. The molecule has 5 nitrogen and oxygen atoms in total. The highest BCUT2D eigenvalue weighted by molar-refractivity contribution is 6.35. The van der Waals surface area contributed by atoms with Crippen LogP contribution in [0.1, 0.15) is 5.56 Å². The van der Waals surface area contributed by atoms with Gasteiger partial charge in [0, 0.05) is 34.9 Å². The lowest BCUT2D eigenvalue weighted by molar-refractivity contribution is 0.991. The third kappa shape index (κ3) is 4.15. The molecule has 0 amide bonds. The molecule has 0 atom stereocenters. The fourth-order valence-electron chi connectivity index (χ4n) is 2.89. The molecule has 4 rings (SSSR count). The molecule has 136 valence electrons. The summed E-state index contributed by atoms with van der Waals surface area (Å²) in [6.07, 6.45) is 4.61. The largest absolute Gasteiger partial charge is 0.361 e. The molecule has 0 bridgehead atoms. The average molecular weight is 398 g/mol. The first-order valence-electron chi connectivity index (χ1n) is 8.53. The zero-order chi connectivity index (χ0) is 18.6. The summed E-state index contributed by atoms with van der Waals surface area (Å²) in [6, 6.07) is 15.3. The van der Waals surface area contributed by atoms with E-state index in [1.807, 2.05) is 18.3 Å². The summed E-state index contributed by atoms with van der Waals surface area (Å²) in [6.45, 7) is 0.725. The summed E-state index contributed by atoms with van der Waals surface area (Å²) in [4.78, 5) is 12.0. The van der Waals surface area contributed by atoms with E-state index >= 15 is 0 Å². The molecule has 0 spiro atoms. The molecule has 2 heterocycles. The Labute approximate surface area is 166 Å². The van der Waals surface area contributed by atoms with E-state index in [-0.39, 0.29) is 0 Å². The molecule has 0 saturated carbocycles. The quantitative estimate of drug-likeness (QED) is 0.392. The van der Waals surface area contributed by atoms with Crippen LogP contribution in [0.4, 0.5) is 17.5 Å². The summed E-state index contributed by atoms with van der Waals surface area (Å²) in [5.41, 5.74) is 3.11. The van der Waals surface area contributed by atoms with Gasteiger partial charge in [0.25, 0.3) is 0 Å². The summed E-state index contributed by atoms with van der Waals surface area (Å²) in [7, 11) is 0. The van der Waals surface area contributed by atoms with Crippen molar-refractivity contribution in [3.05, 3.63) is 76.5 Å². The SMILES string of the molecule is Clc1ccc(Cl)c(Nc2ccnc(NCCc3c[nH]c4ccccc34)n2)c1. The van der Waals surface area contributed by atoms with Crippen LogP contribution >= 0.6 is 23.2 Å². The highest BCUT2D eigenvalue weighted by Gasteiger charge is 2.06. The van der Waals surface area contributed by atoms with E-state index in [9.17, 15) is 0 Å². The molecule has 2 aromatic carbocycles. The zero-order valence-electron chi connectivity index (χ0n) is 14.3. The zero-order valence-corrected chi connectivity index (χ0v) is 15.8. The van der Waals surface area contributed by atoms with Gasteiger partial charge in [-0.1, -0.05) is 41.4 Å². The van der Waals surface area contributed by atoms with E-state index in [0.717, 1.165) is 18.5 Å². The first kappa shape index (κ1) is 17.6. The number of hydrogen-bond acceptors (Lipinski definition) is 4. The summed E-state index contributed by atoms with van der Waals surface area (Å²) >= 11 is 12.2. The number of rotatable bonds is 6. The predicted octanol–water partition coefficient (Wildman–Crippen LogP) is 5.66. The van der Waals surface area contributed by atoms with Gasteiger partial charge in [-0.3, -0.25) is 0 Å². The van der Waals surface area contributed by atoms with Crippen LogP contribution in [-0.2, 0) is 6.42 Å². The second kappa shape index (κ2) is 7.86. The molecule has 0 unspecified atom stereocenters. The Hall–Kier alpha value is -2.76. The lowest BCUT2D eigenvalue weighted by Crippen LogP contribution is -2.08. The summed E-state index contributed by atoms with van der Waals surface area (Å²) < 4.78 is 0. The van der Waals surface area contributed by atoms with Gasteiger partial charge in [0.15, 0.2) is 0 Å². The van der Waals surface area contributed by atoms with Crippen LogP contribution in [0.3, 0.4) is 0 Å². The Kier molecular flexibility index (Phi) is 5.14. The van der Waals surface area contributed by atoms with Crippen molar-refractivity contribution in [2.75, 3.05) is 17.2 Å². The average Bonchev–Trinajstić information content (AvgIpc) is 3.08. The molecule has 7 heteroatoms. The first-order valence-corrected chi connectivity index (χ1v) is 9.28. The fraction of sp³-hybridized carbons (Fsp3) is 0.100. The minimum absolute atomic E-state index is 0.554. The van der Waals surface area contributed by atoms with Crippen LogP contribution in [0.5, 0.6) is 0 Å². The van der Waals surface area contributed by atoms with E-state index in [1.54, 1.807) is 30.5 Å². The molecule has 0 aliphatic heterocycles. The van der Waals surface area contributed by atoms with Crippen molar-refractivity contribution < 1.29 is 0 Å². The van der Waals surface area contributed by atoms with Gasteiger partial charge in [-0.05, 0) is 42.3 Å². The van der Waals surface area contributed by atoms with Crippen molar-refractivity contribution >= 4 is 51.6 Å². The Morgan fingerprint density at radius 2 is 1.93 bits per heavy atom. The molecular weight excluding hydrogens is 381 g/mol. The van der Waals surface area contributed by atoms with Crippen LogP contribution in [0.15, 0.2) is 60.9 Å². The van der Waals surface area contributed by atoms with E-state index < -0.39 is 0 Å². The fourth-order valence-corrected chi connectivity index (χ4v) is 3.23. The highest BCUT2D eigenvalue weighted by atomic mass is 35.5. The van der Waals surface area contributed by atoms with E-state index in [2.05, 4.69) is 37.7 Å². The molecule has 27 heavy (non-hydrogen) atoms. The molecular formula is C20H17Cl2N5. The van der Waals surface area contributed by atoms with Crippen molar-refractivity contribution in [2.24, 2.45) is 0 Å². The molecule has 0 saturated heterocycles. The van der Waals surface area contributed by atoms with Crippen LogP contribution in [0.25, 0.3) is 10.9 Å². The number of halogens is 2. The number of nitrogens with one attached hydrogen (secondary N) is 3. The van der Waals surface area contributed by atoms with Crippen LogP contribution in [-0.4, -0.2) is 21.5 Å². The van der Waals surface area contributed by atoms with E-state index in [4.69, 9.17) is 23.2 Å². The van der Waals surface area contributed by atoms with Gasteiger partial charge in [-0.15, -0.1) is 0 Å². The molecule has 4 aromatic rings. The normalized spacial score (nSPS) is 10.9. The maximum Gasteiger partial charge on any atom is 0.224 e. The summed E-state index contributed by atoms with van der Waals surface area (Å²) in [5.74, 6) is 1.20. The van der Waals surface area contributed by atoms with Crippen LogP contribution in [0.2, 0.25) is 10.0 Å². The van der Waals surface area contributed by atoms with Gasteiger partial charge >= 0.3 is 0 Å². The maximum absolute atomic E-state index is 6.19. The monoisotopic (exact) mass is 397 g/mol. The van der Waals surface area contributed by atoms with Crippen molar-refractivity contribution in [3.8, 4) is 0 Å². The number of aromatic amines is 1. The number of benzene rings is 2. The van der Waals surface area contributed by atoms with Crippen molar-refractivity contribution in [3.63, 3.8) is 0 Å². The second-order valence-electron chi connectivity index (χ2n) is 6.05.